The molecule has 2 aromatic carbocycles. The summed E-state index contributed by atoms with van der Waals surface area (Å²) in [5.41, 5.74) is 0.951. The Morgan fingerprint density at radius 1 is 1.00 bits per heavy atom. The molecule has 0 radical (unpaired) electrons. The molecule has 0 saturated carbocycles. The fraction of sp³-hybridized carbons (Fsp3) is 0.0714. The molecule has 0 amide bonds. The lowest BCUT2D eigenvalue weighted by Crippen LogP contribution is -2.01. The zero-order valence-corrected chi connectivity index (χ0v) is 12.1. The first kappa shape index (κ1) is 13.1. The first-order valence-electron chi connectivity index (χ1n) is 6.04. The van der Waals surface area contributed by atoms with Crippen LogP contribution in [0.1, 0.15) is 5.82 Å². The van der Waals surface area contributed by atoms with Gasteiger partial charge in [-0.2, -0.15) is 4.68 Å². The summed E-state index contributed by atoms with van der Waals surface area (Å²) < 4.78 is 1.74. The monoisotopic (exact) mass is 302 g/mol. The lowest BCUT2D eigenvalue weighted by molar-refractivity contribution is 0.777. The standard InChI is InChI=1S/C14H11ClN4S/c15-12-8-4-5-9-13(12)20-10-14-16-17-18-19(14)11-6-2-1-3-7-11/h1-9H,10H2. The van der Waals surface area contributed by atoms with Gasteiger partial charge in [0.1, 0.15) is 0 Å². The van der Waals surface area contributed by atoms with E-state index in [9.17, 15) is 0 Å². The van der Waals surface area contributed by atoms with E-state index in [-0.39, 0.29) is 0 Å². The number of para-hydroxylation sites is 1. The molecule has 3 aromatic rings. The molecule has 0 unspecified atom stereocenters. The van der Waals surface area contributed by atoms with Crippen LogP contribution >= 0.6 is 23.4 Å². The van der Waals surface area contributed by atoms with Gasteiger partial charge in [0.15, 0.2) is 5.82 Å². The molecular weight excluding hydrogens is 292 g/mol. The highest BCUT2D eigenvalue weighted by Crippen LogP contribution is 2.29. The Morgan fingerprint density at radius 3 is 2.55 bits per heavy atom. The van der Waals surface area contributed by atoms with E-state index in [0.29, 0.717) is 5.75 Å². The highest BCUT2D eigenvalue weighted by molar-refractivity contribution is 7.98. The second kappa shape index (κ2) is 6.07. The van der Waals surface area contributed by atoms with Gasteiger partial charge in [0.05, 0.1) is 16.5 Å². The van der Waals surface area contributed by atoms with Crippen molar-refractivity contribution in [1.82, 2.24) is 20.2 Å². The van der Waals surface area contributed by atoms with Gasteiger partial charge in [0.25, 0.3) is 0 Å². The minimum Gasteiger partial charge on any atom is -0.196 e. The molecule has 0 bridgehead atoms. The molecule has 0 saturated heterocycles. The fourth-order valence-corrected chi connectivity index (χ4v) is 2.91. The molecule has 0 spiro atoms. The van der Waals surface area contributed by atoms with E-state index < -0.39 is 0 Å². The van der Waals surface area contributed by atoms with Gasteiger partial charge in [0, 0.05) is 4.90 Å². The van der Waals surface area contributed by atoms with E-state index >= 15 is 0 Å². The molecule has 0 aliphatic carbocycles. The van der Waals surface area contributed by atoms with E-state index in [4.69, 9.17) is 11.6 Å². The lowest BCUT2D eigenvalue weighted by atomic mass is 10.3. The number of halogens is 1. The zero-order chi connectivity index (χ0) is 13.8. The van der Waals surface area contributed by atoms with Crippen molar-refractivity contribution < 1.29 is 0 Å². The summed E-state index contributed by atoms with van der Waals surface area (Å²) in [6.45, 7) is 0. The van der Waals surface area contributed by atoms with Crippen LogP contribution in [-0.2, 0) is 5.75 Å². The van der Waals surface area contributed by atoms with Gasteiger partial charge >= 0.3 is 0 Å². The molecule has 0 aliphatic heterocycles. The Hall–Kier alpha value is -1.85. The van der Waals surface area contributed by atoms with Crippen molar-refractivity contribution in [1.29, 1.82) is 0 Å². The Kier molecular flexibility index (Phi) is 3.99. The van der Waals surface area contributed by atoms with Crippen LogP contribution < -0.4 is 0 Å². The van der Waals surface area contributed by atoms with Gasteiger partial charge in [0.2, 0.25) is 0 Å². The van der Waals surface area contributed by atoms with Crippen molar-refractivity contribution in [3.05, 3.63) is 65.4 Å². The minimum atomic E-state index is 0.658. The van der Waals surface area contributed by atoms with Crippen LogP contribution in [-0.4, -0.2) is 20.2 Å². The number of tetrazole rings is 1. The van der Waals surface area contributed by atoms with Gasteiger partial charge in [-0.05, 0) is 34.7 Å². The molecule has 100 valence electrons. The summed E-state index contributed by atoms with van der Waals surface area (Å²) in [5, 5.41) is 12.6. The summed E-state index contributed by atoms with van der Waals surface area (Å²) in [5.74, 6) is 1.45. The molecule has 1 aromatic heterocycles. The fourth-order valence-electron chi connectivity index (χ4n) is 1.77. The maximum absolute atomic E-state index is 6.14. The van der Waals surface area contributed by atoms with Crippen molar-refractivity contribution in [2.75, 3.05) is 0 Å². The SMILES string of the molecule is Clc1ccccc1SCc1nnnn1-c1ccccc1. The third-order valence-electron chi connectivity index (χ3n) is 2.73. The predicted octanol–water partition coefficient (Wildman–Crippen LogP) is 3.61. The van der Waals surface area contributed by atoms with Gasteiger partial charge in [-0.1, -0.05) is 41.9 Å². The molecule has 4 nitrogen and oxygen atoms in total. The molecule has 6 heteroatoms. The molecule has 0 aliphatic rings. The van der Waals surface area contributed by atoms with Crippen LogP contribution in [0, 0.1) is 0 Å². The van der Waals surface area contributed by atoms with Crippen LogP contribution in [0.4, 0.5) is 0 Å². The first-order valence-corrected chi connectivity index (χ1v) is 7.41. The average molecular weight is 303 g/mol. The zero-order valence-electron chi connectivity index (χ0n) is 10.5. The summed E-state index contributed by atoms with van der Waals surface area (Å²) >= 11 is 7.76. The van der Waals surface area contributed by atoms with Gasteiger partial charge < -0.3 is 0 Å². The second-order valence-electron chi connectivity index (χ2n) is 4.06. The quantitative estimate of drug-likeness (QED) is 0.691. The highest BCUT2D eigenvalue weighted by Gasteiger charge is 2.09. The third-order valence-corrected chi connectivity index (χ3v) is 4.24. The Balaban J connectivity index is 1.80. The Labute approximate surface area is 125 Å². The number of nitrogens with zero attached hydrogens (tertiary/aromatic N) is 4. The number of hydrogen-bond acceptors (Lipinski definition) is 4. The van der Waals surface area contributed by atoms with Crippen LogP contribution in [0.2, 0.25) is 5.02 Å². The van der Waals surface area contributed by atoms with Crippen molar-refractivity contribution in [2.45, 2.75) is 10.6 Å². The summed E-state index contributed by atoms with van der Waals surface area (Å²) in [6, 6.07) is 17.6. The number of benzene rings is 2. The summed E-state index contributed by atoms with van der Waals surface area (Å²) in [7, 11) is 0. The largest absolute Gasteiger partial charge is 0.196 e. The normalized spacial score (nSPS) is 10.7. The summed E-state index contributed by atoms with van der Waals surface area (Å²) in [4.78, 5) is 1.02. The van der Waals surface area contributed by atoms with E-state index in [0.717, 1.165) is 21.4 Å². The minimum absolute atomic E-state index is 0.658. The second-order valence-corrected chi connectivity index (χ2v) is 5.49. The number of hydrogen-bond donors (Lipinski definition) is 0. The third kappa shape index (κ3) is 2.84. The highest BCUT2D eigenvalue weighted by atomic mass is 35.5. The molecule has 0 atom stereocenters. The molecule has 0 fully saturated rings. The maximum Gasteiger partial charge on any atom is 0.166 e. The number of aromatic nitrogens is 4. The van der Waals surface area contributed by atoms with Crippen molar-refractivity contribution >= 4 is 23.4 Å². The van der Waals surface area contributed by atoms with Crippen molar-refractivity contribution in [2.24, 2.45) is 0 Å². The lowest BCUT2D eigenvalue weighted by Gasteiger charge is -2.05. The van der Waals surface area contributed by atoms with Crippen LogP contribution in [0.25, 0.3) is 5.69 Å². The topological polar surface area (TPSA) is 43.6 Å². The summed E-state index contributed by atoms with van der Waals surface area (Å²) in [6.07, 6.45) is 0. The molecule has 0 N–H and O–H groups in total. The Morgan fingerprint density at radius 2 is 1.75 bits per heavy atom. The first-order chi connectivity index (χ1) is 9.84. The molecule has 1 heterocycles. The Bertz CT molecular complexity index is 699. The smallest absolute Gasteiger partial charge is 0.166 e. The maximum atomic E-state index is 6.14. The van der Waals surface area contributed by atoms with Crippen LogP contribution in [0.15, 0.2) is 59.5 Å². The van der Waals surface area contributed by atoms with E-state index in [1.165, 1.54) is 0 Å². The number of thioether (sulfide) groups is 1. The van der Waals surface area contributed by atoms with Crippen LogP contribution in [0.3, 0.4) is 0 Å². The predicted molar refractivity (Wildman–Crippen MR) is 80.2 cm³/mol. The molecule has 20 heavy (non-hydrogen) atoms. The van der Waals surface area contributed by atoms with E-state index in [1.807, 2.05) is 54.6 Å². The molecular formula is C14H11ClN4S. The van der Waals surface area contributed by atoms with E-state index in [1.54, 1.807) is 16.4 Å². The van der Waals surface area contributed by atoms with Gasteiger partial charge in [-0.15, -0.1) is 16.9 Å². The van der Waals surface area contributed by atoms with Crippen molar-refractivity contribution in [3.63, 3.8) is 0 Å². The number of rotatable bonds is 4. The van der Waals surface area contributed by atoms with E-state index in [2.05, 4.69) is 15.5 Å². The van der Waals surface area contributed by atoms with Gasteiger partial charge in [-0.3, -0.25) is 0 Å². The van der Waals surface area contributed by atoms with Gasteiger partial charge in [-0.25, -0.2) is 0 Å². The van der Waals surface area contributed by atoms with Crippen LogP contribution in [0.5, 0.6) is 0 Å². The molecule has 3 rings (SSSR count). The average Bonchev–Trinajstić information content (AvgIpc) is 2.96. The van der Waals surface area contributed by atoms with Crippen molar-refractivity contribution in [3.8, 4) is 5.69 Å².